The number of aryl methyl sites for hydroxylation is 1. The SMILES string of the molecule is CC(C)(C)NCCCCCc1cc(Cl)c(Br)cc1F. The molecule has 0 aliphatic rings. The van der Waals surface area contributed by atoms with Crippen molar-refractivity contribution in [1.82, 2.24) is 5.32 Å². The normalized spacial score (nSPS) is 11.9. The molecule has 0 aliphatic heterocycles. The molecule has 1 aromatic carbocycles. The van der Waals surface area contributed by atoms with Gasteiger partial charge in [0.15, 0.2) is 0 Å². The molecule has 108 valence electrons. The van der Waals surface area contributed by atoms with Gasteiger partial charge in [0.05, 0.1) is 5.02 Å². The van der Waals surface area contributed by atoms with E-state index in [2.05, 4.69) is 42.0 Å². The van der Waals surface area contributed by atoms with Crippen molar-refractivity contribution in [1.29, 1.82) is 0 Å². The van der Waals surface area contributed by atoms with E-state index in [4.69, 9.17) is 11.6 Å². The number of rotatable bonds is 6. The fourth-order valence-electron chi connectivity index (χ4n) is 1.84. The lowest BCUT2D eigenvalue weighted by atomic mass is 10.1. The van der Waals surface area contributed by atoms with E-state index < -0.39 is 0 Å². The Labute approximate surface area is 129 Å². The highest BCUT2D eigenvalue weighted by Crippen LogP contribution is 2.26. The van der Waals surface area contributed by atoms with Crippen molar-refractivity contribution in [2.75, 3.05) is 6.54 Å². The van der Waals surface area contributed by atoms with Gasteiger partial charge in [0.25, 0.3) is 0 Å². The average Bonchev–Trinajstić information content (AvgIpc) is 2.28. The summed E-state index contributed by atoms with van der Waals surface area (Å²) in [7, 11) is 0. The second kappa shape index (κ2) is 7.61. The minimum atomic E-state index is -0.177. The Morgan fingerprint density at radius 1 is 1.21 bits per heavy atom. The van der Waals surface area contributed by atoms with Crippen LogP contribution in [0.1, 0.15) is 45.6 Å². The van der Waals surface area contributed by atoms with E-state index in [1.807, 2.05) is 0 Å². The quantitative estimate of drug-likeness (QED) is 0.539. The monoisotopic (exact) mass is 349 g/mol. The highest BCUT2D eigenvalue weighted by atomic mass is 79.9. The Hall–Kier alpha value is -0.120. The Balaban J connectivity index is 2.28. The van der Waals surface area contributed by atoms with E-state index >= 15 is 0 Å². The lowest BCUT2D eigenvalue weighted by Crippen LogP contribution is -2.36. The molecular weight excluding hydrogens is 329 g/mol. The third kappa shape index (κ3) is 6.73. The Morgan fingerprint density at radius 3 is 2.53 bits per heavy atom. The molecule has 0 aliphatic carbocycles. The number of benzene rings is 1. The van der Waals surface area contributed by atoms with Crippen LogP contribution in [-0.4, -0.2) is 12.1 Å². The average molecular weight is 351 g/mol. The number of hydrogen-bond acceptors (Lipinski definition) is 1. The van der Waals surface area contributed by atoms with Crippen LogP contribution in [0.2, 0.25) is 5.02 Å². The van der Waals surface area contributed by atoms with Gasteiger partial charge in [-0.1, -0.05) is 18.0 Å². The molecule has 0 unspecified atom stereocenters. The van der Waals surface area contributed by atoms with Crippen molar-refractivity contribution in [3.63, 3.8) is 0 Å². The topological polar surface area (TPSA) is 12.0 Å². The molecule has 1 aromatic rings. The van der Waals surface area contributed by atoms with Crippen LogP contribution in [0, 0.1) is 5.82 Å². The van der Waals surface area contributed by atoms with Crippen LogP contribution in [-0.2, 0) is 6.42 Å². The van der Waals surface area contributed by atoms with Crippen molar-refractivity contribution in [2.24, 2.45) is 0 Å². The second-order valence-corrected chi connectivity index (χ2v) is 7.11. The first kappa shape index (κ1) is 16.9. The maximum Gasteiger partial charge on any atom is 0.127 e. The molecule has 1 rings (SSSR count). The first-order chi connectivity index (χ1) is 8.79. The van der Waals surface area contributed by atoms with Crippen molar-refractivity contribution < 1.29 is 4.39 Å². The molecule has 1 N–H and O–H groups in total. The van der Waals surface area contributed by atoms with Gasteiger partial charge >= 0.3 is 0 Å². The van der Waals surface area contributed by atoms with Gasteiger partial charge in [0.2, 0.25) is 0 Å². The van der Waals surface area contributed by atoms with Gasteiger partial charge in [-0.15, -0.1) is 0 Å². The van der Waals surface area contributed by atoms with Crippen molar-refractivity contribution in [3.8, 4) is 0 Å². The van der Waals surface area contributed by atoms with E-state index in [0.29, 0.717) is 15.1 Å². The zero-order valence-electron chi connectivity index (χ0n) is 11.8. The smallest absolute Gasteiger partial charge is 0.127 e. The van der Waals surface area contributed by atoms with E-state index in [-0.39, 0.29) is 11.4 Å². The van der Waals surface area contributed by atoms with Gasteiger partial charge in [-0.25, -0.2) is 4.39 Å². The Bertz CT molecular complexity index is 415. The Kier molecular flexibility index (Phi) is 6.78. The number of hydrogen-bond donors (Lipinski definition) is 1. The molecule has 0 spiro atoms. The van der Waals surface area contributed by atoms with Crippen LogP contribution in [0.4, 0.5) is 4.39 Å². The van der Waals surface area contributed by atoms with E-state index in [1.165, 1.54) is 6.07 Å². The number of unbranched alkanes of at least 4 members (excludes halogenated alkanes) is 2. The summed E-state index contributed by atoms with van der Waals surface area (Å²) in [6.07, 6.45) is 3.94. The second-order valence-electron chi connectivity index (χ2n) is 5.85. The van der Waals surface area contributed by atoms with Crippen LogP contribution in [0.3, 0.4) is 0 Å². The lowest BCUT2D eigenvalue weighted by molar-refractivity contribution is 0.417. The first-order valence-electron chi connectivity index (χ1n) is 6.68. The molecule has 0 saturated carbocycles. The summed E-state index contributed by atoms with van der Waals surface area (Å²) >= 11 is 9.20. The fourth-order valence-corrected chi connectivity index (χ4v) is 2.34. The molecule has 0 aromatic heterocycles. The minimum absolute atomic E-state index is 0.172. The van der Waals surface area contributed by atoms with Gasteiger partial charge < -0.3 is 5.32 Å². The Morgan fingerprint density at radius 2 is 1.89 bits per heavy atom. The minimum Gasteiger partial charge on any atom is -0.312 e. The molecule has 1 nitrogen and oxygen atoms in total. The van der Waals surface area contributed by atoms with E-state index in [9.17, 15) is 4.39 Å². The highest BCUT2D eigenvalue weighted by molar-refractivity contribution is 9.10. The molecule has 0 fully saturated rings. The molecule has 4 heteroatoms. The summed E-state index contributed by atoms with van der Waals surface area (Å²) in [4.78, 5) is 0. The summed E-state index contributed by atoms with van der Waals surface area (Å²) in [6.45, 7) is 7.48. The summed E-state index contributed by atoms with van der Waals surface area (Å²) < 4.78 is 14.3. The third-order valence-corrected chi connectivity index (χ3v) is 4.06. The molecule has 0 amide bonds. The standard InChI is InChI=1S/C15H22BrClFN/c1-15(2,3)19-8-6-4-5-7-11-9-13(17)12(16)10-14(11)18/h9-10,19H,4-8H2,1-3H3. The predicted molar refractivity (Wildman–Crippen MR) is 84.4 cm³/mol. The molecule has 0 radical (unpaired) electrons. The molecular formula is C15H22BrClFN. The van der Waals surface area contributed by atoms with E-state index in [1.54, 1.807) is 6.07 Å². The van der Waals surface area contributed by atoms with Crippen molar-refractivity contribution in [2.45, 2.75) is 52.0 Å². The molecule has 0 bridgehead atoms. The predicted octanol–water partition coefficient (Wildman–Crippen LogP) is 5.34. The molecule has 0 atom stereocenters. The molecule has 0 saturated heterocycles. The molecule has 19 heavy (non-hydrogen) atoms. The maximum atomic E-state index is 13.7. The largest absolute Gasteiger partial charge is 0.312 e. The highest BCUT2D eigenvalue weighted by Gasteiger charge is 2.08. The van der Waals surface area contributed by atoms with Gasteiger partial charge in [-0.05, 0) is 80.2 Å². The van der Waals surface area contributed by atoms with Gasteiger partial charge in [-0.3, -0.25) is 0 Å². The van der Waals surface area contributed by atoms with E-state index in [0.717, 1.165) is 32.2 Å². The number of halogens is 3. The van der Waals surface area contributed by atoms with Crippen LogP contribution < -0.4 is 5.32 Å². The van der Waals surface area contributed by atoms with Crippen LogP contribution >= 0.6 is 27.5 Å². The first-order valence-corrected chi connectivity index (χ1v) is 7.85. The van der Waals surface area contributed by atoms with Gasteiger partial charge in [0.1, 0.15) is 5.82 Å². The van der Waals surface area contributed by atoms with Crippen LogP contribution in [0.25, 0.3) is 0 Å². The van der Waals surface area contributed by atoms with Gasteiger partial charge in [-0.2, -0.15) is 0 Å². The summed E-state index contributed by atoms with van der Waals surface area (Å²) in [6, 6.07) is 3.16. The van der Waals surface area contributed by atoms with Crippen molar-refractivity contribution in [3.05, 3.63) is 33.0 Å². The summed E-state index contributed by atoms with van der Waals surface area (Å²) in [5.74, 6) is -0.177. The third-order valence-electron chi connectivity index (χ3n) is 2.87. The maximum absolute atomic E-state index is 13.7. The number of nitrogens with one attached hydrogen (secondary N) is 1. The fraction of sp³-hybridized carbons (Fsp3) is 0.600. The zero-order valence-corrected chi connectivity index (χ0v) is 14.2. The summed E-state index contributed by atoms with van der Waals surface area (Å²) in [5, 5.41) is 4.02. The van der Waals surface area contributed by atoms with Crippen LogP contribution in [0.5, 0.6) is 0 Å². The van der Waals surface area contributed by atoms with Crippen LogP contribution in [0.15, 0.2) is 16.6 Å². The molecule has 0 heterocycles. The van der Waals surface area contributed by atoms with Crippen molar-refractivity contribution >= 4 is 27.5 Å². The zero-order chi connectivity index (χ0) is 14.5. The lowest BCUT2D eigenvalue weighted by Gasteiger charge is -2.20. The summed E-state index contributed by atoms with van der Waals surface area (Å²) in [5.41, 5.74) is 0.878. The van der Waals surface area contributed by atoms with Gasteiger partial charge in [0, 0.05) is 10.0 Å².